The van der Waals surface area contributed by atoms with Gasteiger partial charge in [-0.05, 0) is 45.3 Å². The third kappa shape index (κ3) is 4.56. The second-order valence-electron chi connectivity index (χ2n) is 7.61. The van der Waals surface area contributed by atoms with Crippen molar-refractivity contribution < 1.29 is 4.39 Å². The van der Waals surface area contributed by atoms with Gasteiger partial charge in [-0.15, -0.1) is 0 Å². The third-order valence-corrected chi connectivity index (χ3v) is 5.61. The van der Waals surface area contributed by atoms with E-state index >= 15 is 0 Å². The lowest BCUT2D eigenvalue weighted by Crippen LogP contribution is -2.54. The van der Waals surface area contributed by atoms with Gasteiger partial charge in [-0.2, -0.15) is 0 Å². The van der Waals surface area contributed by atoms with Crippen LogP contribution in [0, 0.1) is 0 Å². The molecule has 4 heteroatoms. The lowest BCUT2D eigenvalue weighted by molar-refractivity contribution is 0.0240. The molecule has 0 bridgehead atoms. The normalized spacial score (nSPS) is 28.2. The van der Waals surface area contributed by atoms with E-state index in [0.29, 0.717) is 12.6 Å². The van der Waals surface area contributed by atoms with E-state index in [1.165, 1.54) is 5.56 Å². The van der Waals surface area contributed by atoms with Gasteiger partial charge in [-0.3, -0.25) is 14.7 Å². The van der Waals surface area contributed by atoms with E-state index in [1.54, 1.807) is 0 Å². The third-order valence-electron chi connectivity index (χ3n) is 5.61. The molecule has 0 radical (unpaired) electrons. The minimum atomic E-state index is -0.707. The van der Waals surface area contributed by atoms with E-state index in [2.05, 4.69) is 58.9 Å². The fourth-order valence-corrected chi connectivity index (χ4v) is 4.12. The van der Waals surface area contributed by atoms with E-state index in [9.17, 15) is 4.39 Å². The summed E-state index contributed by atoms with van der Waals surface area (Å²) in [5.74, 6) is 0. The number of hydrogen-bond donors (Lipinski definition) is 0. The zero-order valence-corrected chi connectivity index (χ0v) is 15.2. The first-order valence-corrected chi connectivity index (χ1v) is 9.52. The van der Waals surface area contributed by atoms with Crippen molar-refractivity contribution >= 4 is 0 Å². The summed E-state index contributed by atoms with van der Waals surface area (Å²) in [6.07, 6.45) is 1.41. The van der Waals surface area contributed by atoms with Gasteiger partial charge in [0.15, 0.2) is 0 Å². The van der Waals surface area contributed by atoms with Crippen molar-refractivity contribution in [2.24, 2.45) is 0 Å². The van der Waals surface area contributed by atoms with Gasteiger partial charge in [0.1, 0.15) is 6.17 Å². The summed E-state index contributed by atoms with van der Waals surface area (Å²) < 4.78 is 14.7. The number of nitrogens with zero attached hydrogens (tertiary/aromatic N) is 3. The molecule has 2 fully saturated rings. The highest BCUT2D eigenvalue weighted by Crippen LogP contribution is 2.23. The Hall–Kier alpha value is -0.970. The highest BCUT2D eigenvalue weighted by molar-refractivity contribution is 5.14. The van der Waals surface area contributed by atoms with Crippen molar-refractivity contribution in [2.45, 2.75) is 51.5 Å². The van der Waals surface area contributed by atoms with E-state index in [1.807, 2.05) is 0 Å². The first-order valence-electron chi connectivity index (χ1n) is 9.52. The Bertz CT molecular complexity index is 493. The maximum Gasteiger partial charge on any atom is 0.128 e. The Labute approximate surface area is 146 Å². The molecule has 134 valence electrons. The van der Waals surface area contributed by atoms with Crippen molar-refractivity contribution in [3.05, 3.63) is 35.9 Å². The molecule has 2 aliphatic heterocycles. The van der Waals surface area contributed by atoms with Crippen molar-refractivity contribution in [2.75, 3.05) is 39.3 Å². The van der Waals surface area contributed by atoms with Crippen LogP contribution in [0.3, 0.4) is 0 Å². The van der Waals surface area contributed by atoms with Crippen LogP contribution in [0.2, 0.25) is 0 Å². The van der Waals surface area contributed by atoms with Crippen LogP contribution in [0.4, 0.5) is 4.39 Å². The van der Waals surface area contributed by atoms with Gasteiger partial charge in [-0.1, -0.05) is 30.3 Å². The quantitative estimate of drug-likeness (QED) is 0.839. The van der Waals surface area contributed by atoms with E-state index in [4.69, 9.17) is 0 Å². The molecule has 0 saturated carbocycles. The van der Waals surface area contributed by atoms with Crippen LogP contribution < -0.4 is 0 Å². The predicted octanol–water partition coefficient (Wildman–Crippen LogP) is 3.02. The van der Waals surface area contributed by atoms with Crippen molar-refractivity contribution in [1.82, 2.24) is 14.7 Å². The van der Waals surface area contributed by atoms with Crippen molar-refractivity contribution in [1.29, 1.82) is 0 Å². The van der Waals surface area contributed by atoms with Crippen LogP contribution in [-0.2, 0) is 6.54 Å². The molecule has 0 aromatic heterocycles. The number of benzene rings is 1. The predicted molar refractivity (Wildman–Crippen MR) is 97.9 cm³/mol. The summed E-state index contributed by atoms with van der Waals surface area (Å²) in [6, 6.07) is 11.2. The molecule has 2 saturated heterocycles. The second kappa shape index (κ2) is 8.41. The maximum atomic E-state index is 14.7. The van der Waals surface area contributed by atoms with E-state index in [0.717, 1.165) is 52.1 Å². The molecule has 2 aliphatic rings. The maximum absolute atomic E-state index is 14.7. The Morgan fingerprint density at radius 2 is 1.83 bits per heavy atom. The Morgan fingerprint density at radius 1 is 1.04 bits per heavy atom. The SMILES string of the molecule is CC(C)N1CCC(N2CCCN(Cc3ccccc3)CC2)C(F)C1. The molecule has 0 aliphatic carbocycles. The highest BCUT2D eigenvalue weighted by Gasteiger charge is 2.34. The zero-order valence-electron chi connectivity index (χ0n) is 15.2. The zero-order chi connectivity index (χ0) is 16.9. The average molecular weight is 333 g/mol. The Balaban J connectivity index is 1.52. The molecule has 0 amide bonds. The summed E-state index contributed by atoms with van der Waals surface area (Å²) in [7, 11) is 0. The van der Waals surface area contributed by atoms with Gasteiger partial charge < -0.3 is 0 Å². The smallest absolute Gasteiger partial charge is 0.128 e. The summed E-state index contributed by atoms with van der Waals surface area (Å²) in [6.45, 7) is 11.2. The molecule has 2 atom stereocenters. The number of piperidine rings is 1. The van der Waals surface area contributed by atoms with Gasteiger partial charge in [-0.25, -0.2) is 4.39 Å². The Morgan fingerprint density at radius 3 is 2.54 bits per heavy atom. The van der Waals surface area contributed by atoms with Gasteiger partial charge >= 0.3 is 0 Å². The number of halogens is 1. The van der Waals surface area contributed by atoms with Crippen LogP contribution in [-0.4, -0.2) is 72.2 Å². The van der Waals surface area contributed by atoms with Crippen LogP contribution in [0.5, 0.6) is 0 Å². The van der Waals surface area contributed by atoms with Crippen molar-refractivity contribution in [3.63, 3.8) is 0 Å². The minimum Gasteiger partial charge on any atom is -0.298 e. The van der Waals surface area contributed by atoms with E-state index in [-0.39, 0.29) is 6.04 Å². The first-order chi connectivity index (χ1) is 11.6. The number of rotatable bonds is 4. The fraction of sp³-hybridized carbons (Fsp3) is 0.700. The standard InChI is InChI=1S/C20H32FN3/c1-17(2)24-12-9-20(19(21)16-24)23-11-6-10-22(13-14-23)15-18-7-4-3-5-8-18/h3-5,7-8,17,19-20H,6,9-16H2,1-2H3. The lowest BCUT2D eigenvalue weighted by Gasteiger charge is -2.41. The number of likely N-dealkylation sites (tertiary alicyclic amines) is 1. The molecule has 3 rings (SSSR count). The number of alkyl halides is 1. The summed E-state index contributed by atoms with van der Waals surface area (Å²) >= 11 is 0. The first kappa shape index (κ1) is 17.8. The molecule has 3 nitrogen and oxygen atoms in total. The summed E-state index contributed by atoms with van der Waals surface area (Å²) in [4.78, 5) is 7.22. The summed E-state index contributed by atoms with van der Waals surface area (Å²) in [5, 5.41) is 0. The summed E-state index contributed by atoms with van der Waals surface area (Å²) in [5.41, 5.74) is 1.37. The van der Waals surface area contributed by atoms with Crippen molar-refractivity contribution in [3.8, 4) is 0 Å². The van der Waals surface area contributed by atoms with Crippen LogP contribution in [0.25, 0.3) is 0 Å². The minimum absolute atomic E-state index is 0.122. The van der Waals surface area contributed by atoms with Crippen LogP contribution in [0.15, 0.2) is 30.3 Å². The van der Waals surface area contributed by atoms with Gasteiger partial charge in [0, 0.05) is 44.8 Å². The van der Waals surface area contributed by atoms with E-state index < -0.39 is 6.17 Å². The molecule has 2 unspecified atom stereocenters. The molecular weight excluding hydrogens is 301 g/mol. The molecular formula is C20H32FN3. The van der Waals surface area contributed by atoms with Gasteiger partial charge in [0.25, 0.3) is 0 Å². The highest BCUT2D eigenvalue weighted by atomic mass is 19.1. The second-order valence-corrected chi connectivity index (χ2v) is 7.61. The molecule has 1 aromatic carbocycles. The topological polar surface area (TPSA) is 9.72 Å². The molecule has 1 aromatic rings. The fourth-order valence-electron chi connectivity index (χ4n) is 4.12. The van der Waals surface area contributed by atoms with Gasteiger partial charge in [0.2, 0.25) is 0 Å². The lowest BCUT2D eigenvalue weighted by atomic mass is 10.00. The Kier molecular flexibility index (Phi) is 6.25. The van der Waals surface area contributed by atoms with Crippen LogP contribution >= 0.6 is 0 Å². The molecule has 24 heavy (non-hydrogen) atoms. The van der Waals surface area contributed by atoms with Gasteiger partial charge in [0.05, 0.1) is 0 Å². The molecule has 0 N–H and O–H groups in total. The largest absolute Gasteiger partial charge is 0.298 e. The number of hydrogen-bond acceptors (Lipinski definition) is 3. The monoisotopic (exact) mass is 333 g/mol. The average Bonchev–Trinajstić information content (AvgIpc) is 2.81. The van der Waals surface area contributed by atoms with Crippen LogP contribution in [0.1, 0.15) is 32.3 Å². The molecule has 2 heterocycles. The molecule has 0 spiro atoms.